The summed E-state index contributed by atoms with van der Waals surface area (Å²) in [4.78, 5) is 4.67. The Morgan fingerprint density at radius 2 is 2.00 bits per heavy atom. The van der Waals surface area contributed by atoms with Crippen molar-refractivity contribution in [2.24, 2.45) is 4.99 Å². The molecule has 1 heterocycles. The van der Waals surface area contributed by atoms with Gasteiger partial charge < -0.3 is 15.4 Å². The first-order chi connectivity index (χ1) is 12.3. The third kappa shape index (κ3) is 5.62. The molecule has 0 radical (unpaired) electrons. The standard InChI is InChI=1S/C18H29N3O3S2/c1-14-11-15(5-6-16(14)26(4,22)23)12-20-17(19-2)21-13-18(25-3)7-9-24-10-8-18/h5-6,11H,7-10,12-13H2,1-4H3,(H2,19,20,21). The summed E-state index contributed by atoms with van der Waals surface area (Å²) in [6, 6.07) is 5.41. The summed E-state index contributed by atoms with van der Waals surface area (Å²) in [5, 5.41) is 6.72. The van der Waals surface area contributed by atoms with Gasteiger partial charge in [-0.05, 0) is 43.2 Å². The van der Waals surface area contributed by atoms with E-state index in [1.807, 2.05) is 30.8 Å². The highest BCUT2D eigenvalue weighted by Crippen LogP contribution is 2.32. The fraction of sp³-hybridized carbons (Fsp3) is 0.611. The number of benzene rings is 1. The van der Waals surface area contributed by atoms with Crippen molar-refractivity contribution in [3.63, 3.8) is 0 Å². The van der Waals surface area contributed by atoms with E-state index in [-0.39, 0.29) is 4.75 Å². The molecule has 146 valence electrons. The van der Waals surface area contributed by atoms with Gasteiger partial charge in [0, 0.05) is 44.4 Å². The van der Waals surface area contributed by atoms with Crippen LogP contribution in [0.3, 0.4) is 0 Å². The van der Waals surface area contributed by atoms with E-state index in [9.17, 15) is 8.42 Å². The molecule has 2 N–H and O–H groups in total. The number of aryl methyl sites for hydroxylation is 1. The van der Waals surface area contributed by atoms with Crippen molar-refractivity contribution in [3.8, 4) is 0 Å². The average Bonchev–Trinajstić information content (AvgIpc) is 2.61. The number of rotatable bonds is 6. The van der Waals surface area contributed by atoms with E-state index in [1.165, 1.54) is 6.26 Å². The molecule has 8 heteroatoms. The molecule has 1 aliphatic rings. The van der Waals surface area contributed by atoms with Gasteiger partial charge in [-0.3, -0.25) is 4.99 Å². The van der Waals surface area contributed by atoms with Crippen molar-refractivity contribution in [1.82, 2.24) is 10.6 Å². The van der Waals surface area contributed by atoms with Gasteiger partial charge in [0.15, 0.2) is 15.8 Å². The minimum absolute atomic E-state index is 0.184. The summed E-state index contributed by atoms with van der Waals surface area (Å²) >= 11 is 1.88. The van der Waals surface area contributed by atoms with Crippen LogP contribution in [0.4, 0.5) is 0 Å². The second-order valence-corrected chi connectivity index (χ2v) is 9.91. The maximum absolute atomic E-state index is 11.7. The molecule has 2 rings (SSSR count). The smallest absolute Gasteiger partial charge is 0.191 e. The number of nitrogens with zero attached hydrogens (tertiary/aromatic N) is 1. The molecule has 1 aliphatic heterocycles. The van der Waals surface area contributed by atoms with E-state index < -0.39 is 9.84 Å². The van der Waals surface area contributed by atoms with Crippen LogP contribution in [0, 0.1) is 6.92 Å². The average molecular weight is 400 g/mol. The molecule has 1 fully saturated rings. The lowest BCUT2D eigenvalue weighted by molar-refractivity contribution is 0.0783. The number of guanidine groups is 1. The van der Waals surface area contributed by atoms with E-state index in [0.717, 1.165) is 49.7 Å². The Morgan fingerprint density at radius 3 is 2.54 bits per heavy atom. The molecule has 0 unspecified atom stereocenters. The first-order valence-corrected chi connectivity index (χ1v) is 11.8. The van der Waals surface area contributed by atoms with Gasteiger partial charge in [-0.1, -0.05) is 12.1 Å². The maximum atomic E-state index is 11.7. The molecule has 0 atom stereocenters. The highest BCUT2D eigenvalue weighted by Gasteiger charge is 2.31. The van der Waals surface area contributed by atoms with Crippen LogP contribution in [0.2, 0.25) is 0 Å². The minimum atomic E-state index is -3.19. The monoisotopic (exact) mass is 399 g/mol. The fourth-order valence-corrected chi connectivity index (χ4v) is 4.84. The Morgan fingerprint density at radius 1 is 1.31 bits per heavy atom. The van der Waals surface area contributed by atoms with Crippen LogP contribution in [0.15, 0.2) is 28.1 Å². The second-order valence-electron chi connectivity index (χ2n) is 6.65. The number of sulfone groups is 1. The molecule has 0 aromatic heterocycles. The summed E-state index contributed by atoms with van der Waals surface area (Å²) < 4.78 is 29.1. The molecule has 0 aliphatic carbocycles. The van der Waals surface area contributed by atoms with E-state index in [2.05, 4.69) is 21.9 Å². The van der Waals surface area contributed by atoms with Gasteiger partial charge in [0.1, 0.15) is 0 Å². The second kappa shape index (κ2) is 9.10. The summed E-state index contributed by atoms with van der Waals surface area (Å²) in [5.41, 5.74) is 1.78. The normalized spacial score (nSPS) is 17.8. The Balaban J connectivity index is 1.94. The lowest BCUT2D eigenvalue weighted by atomic mass is 9.99. The predicted octanol–water partition coefficient (Wildman–Crippen LogP) is 1.98. The molecular formula is C18H29N3O3S2. The van der Waals surface area contributed by atoms with Gasteiger partial charge in [0.2, 0.25) is 0 Å². The lowest BCUT2D eigenvalue weighted by Crippen LogP contribution is -2.47. The molecule has 0 bridgehead atoms. The lowest BCUT2D eigenvalue weighted by Gasteiger charge is -2.36. The zero-order chi connectivity index (χ0) is 19.2. The van der Waals surface area contributed by atoms with Crippen LogP contribution in [0.25, 0.3) is 0 Å². The van der Waals surface area contributed by atoms with Crippen LogP contribution in [-0.4, -0.2) is 58.4 Å². The van der Waals surface area contributed by atoms with Crippen molar-refractivity contribution < 1.29 is 13.2 Å². The van der Waals surface area contributed by atoms with Gasteiger partial charge >= 0.3 is 0 Å². The Kier molecular flexibility index (Phi) is 7.37. The molecule has 26 heavy (non-hydrogen) atoms. The van der Waals surface area contributed by atoms with E-state index in [0.29, 0.717) is 11.4 Å². The summed E-state index contributed by atoms with van der Waals surface area (Å²) in [7, 11) is -1.43. The van der Waals surface area contributed by atoms with Crippen molar-refractivity contribution in [3.05, 3.63) is 29.3 Å². The fourth-order valence-electron chi connectivity index (χ4n) is 3.09. The molecule has 1 aromatic rings. The number of thioether (sulfide) groups is 1. The Hall–Kier alpha value is -1.25. The molecule has 1 aromatic carbocycles. The molecule has 0 spiro atoms. The van der Waals surface area contributed by atoms with Crippen molar-refractivity contribution in [2.75, 3.05) is 39.3 Å². The third-order valence-electron chi connectivity index (χ3n) is 4.74. The van der Waals surface area contributed by atoms with Gasteiger partial charge in [0.05, 0.1) is 4.90 Å². The third-order valence-corrected chi connectivity index (χ3v) is 7.41. The highest BCUT2D eigenvalue weighted by atomic mass is 32.2. The minimum Gasteiger partial charge on any atom is -0.381 e. The first kappa shape index (κ1) is 21.1. The summed E-state index contributed by atoms with van der Waals surface area (Å²) in [6.07, 6.45) is 5.45. The van der Waals surface area contributed by atoms with E-state index >= 15 is 0 Å². The van der Waals surface area contributed by atoms with Crippen LogP contribution in [0.5, 0.6) is 0 Å². The zero-order valence-electron chi connectivity index (χ0n) is 16.0. The van der Waals surface area contributed by atoms with Gasteiger partial charge in [-0.2, -0.15) is 11.8 Å². The first-order valence-electron chi connectivity index (χ1n) is 8.67. The van der Waals surface area contributed by atoms with Gasteiger partial charge in [-0.25, -0.2) is 8.42 Å². The topological polar surface area (TPSA) is 79.8 Å². The van der Waals surface area contributed by atoms with Gasteiger partial charge in [-0.15, -0.1) is 0 Å². The van der Waals surface area contributed by atoms with Crippen molar-refractivity contribution in [2.45, 2.75) is 36.0 Å². The molecular weight excluding hydrogens is 370 g/mol. The largest absolute Gasteiger partial charge is 0.381 e. The molecule has 0 saturated carbocycles. The number of hydrogen-bond acceptors (Lipinski definition) is 5. The summed E-state index contributed by atoms with van der Waals surface area (Å²) in [5.74, 6) is 0.745. The maximum Gasteiger partial charge on any atom is 0.191 e. The summed E-state index contributed by atoms with van der Waals surface area (Å²) in [6.45, 7) is 4.85. The number of ether oxygens (including phenoxy) is 1. The van der Waals surface area contributed by atoms with E-state index in [1.54, 1.807) is 13.1 Å². The molecule has 1 saturated heterocycles. The van der Waals surface area contributed by atoms with E-state index in [4.69, 9.17) is 4.74 Å². The quantitative estimate of drug-likeness (QED) is 0.562. The number of hydrogen-bond donors (Lipinski definition) is 2. The van der Waals surface area contributed by atoms with Gasteiger partial charge in [0.25, 0.3) is 0 Å². The van der Waals surface area contributed by atoms with Crippen LogP contribution in [-0.2, 0) is 21.1 Å². The molecule has 0 amide bonds. The van der Waals surface area contributed by atoms with Crippen LogP contribution in [0.1, 0.15) is 24.0 Å². The van der Waals surface area contributed by atoms with Crippen LogP contribution >= 0.6 is 11.8 Å². The Bertz CT molecular complexity index is 742. The number of nitrogens with one attached hydrogen (secondary N) is 2. The van der Waals surface area contributed by atoms with Crippen molar-refractivity contribution in [1.29, 1.82) is 0 Å². The van der Waals surface area contributed by atoms with Crippen molar-refractivity contribution >= 4 is 27.6 Å². The zero-order valence-corrected chi connectivity index (χ0v) is 17.6. The van der Waals surface area contributed by atoms with Crippen LogP contribution < -0.4 is 10.6 Å². The number of aliphatic imine (C=N–C) groups is 1. The predicted molar refractivity (Wildman–Crippen MR) is 109 cm³/mol. The highest BCUT2D eigenvalue weighted by molar-refractivity contribution is 8.00. The molecule has 6 nitrogen and oxygen atoms in total. The Labute approximate surface area is 161 Å². The SMILES string of the molecule is CN=C(NCc1ccc(S(C)(=O)=O)c(C)c1)NCC1(SC)CCOCC1.